The molecule has 1 aromatic heterocycles. The Morgan fingerprint density at radius 1 is 1.03 bits per heavy atom. The maximum absolute atomic E-state index is 13.2. The highest BCUT2D eigenvalue weighted by molar-refractivity contribution is 5.85. The highest BCUT2D eigenvalue weighted by Gasteiger charge is 2.31. The van der Waals surface area contributed by atoms with Gasteiger partial charge in [-0.25, -0.2) is 4.79 Å². The summed E-state index contributed by atoms with van der Waals surface area (Å²) in [6.45, 7) is 8.58. The van der Waals surface area contributed by atoms with Crippen LogP contribution in [0.2, 0.25) is 0 Å². The van der Waals surface area contributed by atoms with Crippen LogP contribution < -0.4 is 10.3 Å². The molecular formula is C29H37N3O6. The van der Waals surface area contributed by atoms with Gasteiger partial charge in [0.1, 0.15) is 11.4 Å². The second-order valence-corrected chi connectivity index (χ2v) is 10.7. The van der Waals surface area contributed by atoms with E-state index in [1.807, 2.05) is 39.0 Å². The lowest BCUT2D eigenvalue weighted by atomic mass is 10.0. The summed E-state index contributed by atoms with van der Waals surface area (Å²) in [7, 11) is 1.62. The molecule has 0 bridgehead atoms. The largest absolute Gasteiger partial charge is 0.504 e. The topological polar surface area (TPSA) is 104 Å². The molecule has 0 aliphatic carbocycles. The summed E-state index contributed by atoms with van der Waals surface area (Å²) in [6, 6.07) is 13.6. The van der Waals surface area contributed by atoms with Crippen molar-refractivity contribution < 1.29 is 24.5 Å². The van der Waals surface area contributed by atoms with Gasteiger partial charge in [-0.3, -0.25) is 4.79 Å². The Bertz CT molecular complexity index is 1340. The number of hydrogen-bond donors (Lipinski definition) is 2. The number of piperidine rings is 1. The molecule has 38 heavy (non-hydrogen) atoms. The number of nitrogens with zero attached hydrogens (tertiary/aromatic N) is 3. The summed E-state index contributed by atoms with van der Waals surface area (Å²) < 4.78 is 12.9. The van der Waals surface area contributed by atoms with E-state index in [1.165, 1.54) is 12.1 Å². The number of ether oxygens (including phenoxy) is 2. The predicted molar refractivity (Wildman–Crippen MR) is 146 cm³/mol. The van der Waals surface area contributed by atoms with E-state index < -0.39 is 11.7 Å². The van der Waals surface area contributed by atoms with E-state index in [9.17, 15) is 19.8 Å². The average Bonchev–Trinajstić information content (AvgIpc) is 2.87. The zero-order valence-electron chi connectivity index (χ0n) is 22.5. The van der Waals surface area contributed by atoms with Crippen LogP contribution in [0.1, 0.15) is 39.2 Å². The van der Waals surface area contributed by atoms with E-state index in [-0.39, 0.29) is 29.6 Å². The minimum Gasteiger partial charge on any atom is -0.504 e. The van der Waals surface area contributed by atoms with Gasteiger partial charge in [-0.1, -0.05) is 12.1 Å². The first-order valence-corrected chi connectivity index (χ1v) is 12.9. The SMILES string of the molecule is COc1cccc2c1ccc(=O)n2CCN1CCC(N(Cc2ccc(O)c(O)c2)C(=O)OC(C)(C)C)CC1. The predicted octanol–water partition coefficient (Wildman–Crippen LogP) is 4.32. The summed E-state index contributed by atoms with van der Waals surface area (Å²) in [4.78, 5) is 29.8. The zero-order chi connectivity index (χ0) is 27.4. The summed E-state index contributed by atoms with van der Waals surface area (Å²) >= 11 is 0. The van der Waals surface area contributed by atoms with Crippen LogP contribution in [0.3, 0.4) is 0 Å². The van der Waals surface area contributed by atoms with Crippen LogP contribution >= 0.6 is 0 Å². The molecule has 1 fully saturated rings. The summed E-state index contributed by atoms with van der Waals surface area (Å²) in [5.74, 6) is 0.318. The first-order chi connectivity index (χ1) is 18.1. The number of aromatic nitrogens is 1. The van der Waals surface area contributed by atoms with Gasteiger partial charge in [-0.15, -0.1) is 0 Å². The lowest BCUT2D eigenvalue weighted by Gasteiger charge is -2.39. The van der Waals surface area contributed by atoms with E-state index in [2.05, 4.69) is 4.90 Å². The molecule has 0 atom stereocenters. The van der Waals surface area contributed by atoms with Crippen molar-refractivity contribution in [3.05, 3.63) is 64.4 Å². The standard InChI is InChI=1S/C29H37N3O6/c1-29(2,3)38-28(36)32(19-20-8-10-24(33)25(34)18-20)21-12-14-30(15-13-21)16-17-31-23-6-5-7-26(37-4)22(23)9-11-27(31)35/h5-11,18,21,33-34H,12-17,19H2,1-4H3. The van der Waals surface area contributed by atoms with E-state index in [0.29, 0.717) is 18.7 Å². The number of benzene rings is 2. The van der Waals surface area contributed by atoms with Gasteiger partial charge in [0.05, 0.1) is 12.6 Å². The summed E-state index contributed by atoms with van der Waals surface area (Å²) in [5.41, 5.74) is 0.870. The zero-order valence-corrected chi connectivity index (χ0v) is 22.5. The third-order valence-corrected chi connectivity index (χ3v) is 6.87. The van der Waals surface area contributed by atoms with Crippen LogP contribution in [-0.2, 0) is 17.8 Å². The summed E-state index contributed by atoms with van der Waals surface area (Å²) in [5, 5.41) is 20.5. The first kappa shape index (κ1) is 27.3. The molecule has 9 heteroatoms. The Kier molecular flexibility index (Phi) is 8.16. The van der Waals surface area contributed by atoms with Crippen molar-refractivity contribution in [3.63, 3.8) is 0 Å². The molecule has 4 rings (SSSR count). The third kappa shape index (κ3) is 6.39. The van der Waals surface area contributed by atoms with E-state index in [4.69, 9.17) is 9.47 Å². The fraction of sp³-hybridized carbons (Fsp3) is 0.448. The van der Waals surface area contributed by atoms with Crippen molar-refractivity contribution in [1.82, 2.24) is 14.4 Å². The number of phenols is 2. The molecule has 0 saturated carbocycles. The minimum absolute atomic E-state index is 0.0402. The van der Waals surface area contributed by atoms with Crippen LogP contribution in [0.5, 0.6) is 17.2 Å². The van der Waals surface area contributed by atoms with Crippen molar-refractivity contribution in [2.75, 3.05) is 26.7 Å². The van der Waals surface area contributed by atoms with Gasteiger partial charge in [-0.2, -0.15) is 0 Å². The van der Waals surface area contributed by atoms with Crippen LogP contribution in [0.15, 0.2) is 53.3 Å². The van der Waals surface area contributed by atoms with Crippen molar-refractivity contribution in [2.45, 2.75) is 58.3 Å². The molecule has 204 valence electrons. The fourth-order valence-electron chi connectivity index (χ4n) is 4.93. The number of fused-ring (bicyclic) bond motifs is 1. The van der Waals surface area contributed by atoms with E-state index in [0.717, 1.165) is 42.6 Å². The quantitative estimate of drug-likeness (QED) is 0.445. The molecule has 2 heterocycles. The second kappa shape index (κ2) is 11.3. The van der Waals surface area contributed by atoms with Crippen molar-refractivity contribution >= 4 is 17.0 Å². The molecule has 0 unspecified atom stereocenters. The molecule has 1 amide bonds. The molecule has 1 aliphatic heterocycles. The maximum Gasteiger partial charge on any atom is 0.410 e. The minimum atomic E-state index is -0.637. The van der Waals surface area contributed by atoms with Gasteiger partial charge < -0.3 is 34.1 Å². The third-order valence-electron chi connectivity index (χ3n) is 6.87. The maximum atomic E-state index is 13.2. The highest BCUT2D eigenvalue weighted by Crippen LogP contribution is 2.28. The van der Waals surface area contributed by atoms with Crippen molar-refractivity contribution in [2.24, 2.45) is 0 Å². The van der Waals surface area contributed by atoms with Crippen LogP contribution in [0.25, 0.3) is 10.9 Å². The number of hydrogen-bond acceptors (Lipinski definition) is 7. The first-order valence-electron chi connectivity index (χ1n) is 12.9. The van der Waals surface area contributed by atoms with Crippen molar-refractivity contribution in [1.29, 1.82) is 0 Å². The molecule has 2 aromatic carbocycles. The average molecular weight is 524 g/mol. The molecule has 0 radical (unpaired) electrons. The van der Waals surface area contributed by atoms with Crippen LogP contribution in [0.4, 0.5) is 4.79 Å². The van der Waals surface area contributed by atoms with E-state index >= 15 is 0 Å². The Morgan fingerprint density at radius 3 is 2.42 bits per heavy atom. The molecule has 1 saturated heterocycles. The number of rotatable bonds is 7. The van der Waals surface area contributed by atoms with Gasteiger partial charge in [0.15, 0.2) is 11.5 Å². The van der Waals surface area contributed by atoms with Gasteiger partial charge in [0.25, 0.3) is 5.56 Å². The molecule has 2 N–H and O–H groups in total. The number of methoxy groups -OCH3 is 1. The fourth-order valence-corrected chi connectivity index (χ4v) is 4.93. The lowest BCUT2D eigenvalue weighted by molar-refractivity contribution is 0.00564. The summed E-state index contributed by atoms with van der Waals surface area (Å²) in [6.07, 6.45) is 1.10. The van der Waals surface area contributed by atoms with Crippen LogP contribution in [0, 0.1) is 0 Å². The Morgan fingerprint density at radius 2 is 1.76 bits per heavy atom. The number of pyridine rings is 1. The van der Waals surface area contributed by atoms with Gasteiger partial charge in [0.2, 0.25) is 0 Å². The van der Waals surface area contributed by atoms with Gasteiger partial charge in [0, 0.05) is 50.2 Å². The number of carbonyl (C=O) groups excluding carboxylic acids is 1. The Balaban J connectivity index is 1.44. The molecule has 1 aliphatic rings. The normalized spacial score (nSPS) is 14.9. The molecule has 0 spiro atoms. The molecular weight excluding hydrogens is 486 g/mol. The highest BCUT2D eigenvalue weighted by atomic mass is 16.6. The van der Waals surface area contributed by atoms with Crippen molar-refractivity contribution in [3.8, 4) is 17.2 Å². The number of aromatic hydroxyl groups is 2. The Hall–Kier alpha value is -3.72. The smallest absolute Gasteiger partial charge is 0.410 e. The lowest BCUT2D eigenvalue weighted by Crippen LogP contribution is -2.49. The second-order valence-electron chi connectivity index (χ2n) is 10.7. The number of amides is 1. The van der Waals surface area contributed by atoms with Gasteiger partial charge >= 0.3 is 6.09 Å². The van der Waals surface area contributed by atoms with Gasteiger partial charge in [-0.05, 0) is 69.5 Å². The number of likely N-dealkylation sites (tertiary alicyclic amines) is 1. The number of carbonyl (C=O) groups is 1. The molecule has 9 nitrogen and oxygen atoms in total. The Labute approximate surface area is 222 Å². The monoisotopic (exact) mass is 523 g/mol. The van der Waals surface area contributed by atoms with Crippen LogP contribution in [-0.4, -0.2) is 69.1 Å². The van der Waals surface area contributed by atoms with E-state index in [1.54, 1.807) is 34.8 Å². The molecule has 3 aromatic rings. The number of phenolic OH excluding ortho intramolecular Hbond substituents is 2.